The number of benzene rings is 2. The quantitative estimate of drug-likeness (QED) is 0.211. The Kier molecular flexibility index (Phi) is 8.02. The minimum Gasteiger partial charge on any atom is -0.508 e. The van der Waals surface area contributed by atoms with E-state index in [9.17, 15) is 19.1 Å². The summed E-state index contributed by atoms with van der Waals surface area (Å²) in [6.07, 6.45) is 5.10. The molecule has 1 aliphatic heterocycles. The van der Waals surface area contributed by atoms with Crippen molar-refractivity contribution in [2.45, 2.75) is 37.6 Å². The molecule has 6 rings (SSSR count). The Morgan fingerprint density at radius 1 is 1.12 bits per heavy atom. The highest BCUT2D eigenvalue weighted by molar-refractivity contribution is 7.22. The van der Waals surface area contributed by atoms with Crippen LogP contribution in [0.25, 0.3) is 20.5 Å². The molecule has 1 fully saturated rings. The number of hydrogen-bond donors (Lipinski definition) is 1. The third kappa shape index (κ3) is 5.66. The maximum absolute atomic E-state index is 15.6. The SMILES string of the molecule is CN1CCC(c2ccc(-c3cc4c(F)cn(C(C(=O)CCc5nccs5)c5cc(F)ccc5O)c(=O)c4s3)cc2)CC1. The number of thiophene rings is 1. The van der Waals surface area contributed by atoms with Crippen molar-refractivity contribution in [2.24, 2.45) is 0 Å². The molecule has 1 saturated heterocycles. The third-order valence-electron chi connectivity index (χ3n) is 7.99. The molecule has 0 aliphatic carbocycles. The van der Waals surface area contributed by atoms with E-state index in [-0.39, 0.29) is 27.8 Å². The van der Waals surface area contributed by atoms with E-state index in [1.54, 1.807) is 17.6 Å². The largest absolute Gasteiger partial charge is 0.508 e. The van der Waals surface area contributed by atoms with Crippen LogP contribution in [-0.2, 0) is 11.2 Å². The molecule has 5 aromatic rings. The minimum absolute atomic E-state index is 0.0282. The van der Waals surface area contributed by atoms with Crippen molar-refractivity contribution >= 4 is 38.5 Å². The van der Waals surface area contributed by atoms with Crippen LogP contribution in [0.3, 0.4) is 0 Å². The summed E-state index contributed by atoms with van der Waals surface area (Å²) in [4.78, 5) is 34.7. The number of aryl methyl sites for hydroxylation is 1. The first-order valence-electron chi connectivity index (χ1n) is 13.8. The lowest BCUT2D eigenvalue weighted by atomic mass is 9.89. The van der Waals surface area contributed by atoms with E-state index in [4.69, 9.17) is 0 Å². The number of Topliss-reactive ketones (excluding diaryl/α,β-unsaturated/α-hetero) is 1. The van der Waals surface area contributed by atoms with E-state index < -0.39 is 29.0 Å². The molecule has 1 aliphatic rings. The summed E-state index contributed by atoms with van der Waals surface area (Å²) in [5, 5.41) is 13.3. The zero-order valence-corrected chi connectivity index (χ0v) is 24.6. The van der Waals surface area contributed by atoms with Crippen LogP contribution in [0.15, 0.2) is 71.1 Å². The number of carbonyl (C=O) groups is 1. The second kappa shape index (κ2) is 11.9. The Labute approximate surface area is 249 Å². The fourth-order valence-electron chi connectivity index (χ4n) is 5.66. The predicted octanol–water partition coefficient (Wildman–Crippen LogP) is 6.77. The summed E-state index contributed by atoms with van der Waals surface area (Å²) in [5.41, 5.74) is 1.47. The van der Waals surface area contributed by atoms with Crippen LogP contribution in [-0.4, -0.2) is 45.5 Å². The van der Waals surface area contributed by atoms with Gasteiger partial charge in [0, 0.05) is 46.4 Å². The Hall–Kier alpha value is -3.73. The standard InChI is InChI=1S/C32H29F2N3O3S2/c1-36-13-10-20(11-14-36)19-2-4-21(5-3-19)28-17-23-25(34)18-37(32(40)31(23)42-28)30(24-16-22(33)6-7-26(24)38)27(39)8-9-29-35-12-15-41-29/h2-7,12,15-18,20,30,38H,8-11,13-14H2,1H3. The van der Waals surface area contributed by atoms with E-state index in [0.29, 0.717) is 12.3 Å². The highest BCUT2D eigenvalue weighted by atomic mass is 32.1. The van der Waals surface area contributed by atoms with E-state index in [1.807, 2.05) is 12.1 Å². The van der Waals surface area contributed by atoms with Crippen LogP contribution in [0, 0.1) is 11.6 Å². The number of rotatable bonds is 8. The molecule has 3 aromatic heterocycles. The number of hydrogen-bond acceptors (Lipinski definition) is 7. The summed E-state index contributed by atoms with van der Waals surface area (Å²) >= 11 is 2.54. The number of nitrogens with zero attached hydrogens (tertiary/aromatic N) is 3. The fourth-order valence-corrected chi connectivity index (χ4v) is 7.39. The molecular formula is C32H29F2N3O3S2. The number of pyridine rings is 1. The molecule has 0 bridgehead atoms. The van der Waals surface area contributed by atoms with Crippen LogP contribution >= 0.6 is 22.7 Å². The lowest BCUT2D eigenvalue weighted by Crippen LogP contribution is -2.31. The van der Waals surface area contributed by atoms with Gasteiger partial charge in [-0.05, 0) is 74.3 Å². The highest BCUT2D eigenvalue weighted by Gasteiger charge is 2.29. The number of carbonyl (C=O) groups excluding carboxylic acids is 1. The number of aromatic hydroxyl groups is 1. The van der Waals surface area contributed by atoms with E-state index in [0.717, 1.165) is 81.7 Å². The van der Waals surface area contributed by atoms with Gasteiger partial charge in [0.05, 0.1) is 5.01 Å². The summed E-state index contributed by atoms with van der Waals surface area (Å²) < 4.78 is 31.0. The molecule has 0 spiro atoms. The molecular weight excluding hydrogens is 577 g/mol. The first-order valence-corrected chi connectivity index (χ1v) is 15.5. The molecule has 0 saturated carbocycles. The molecule has 1 atom stereocenters. The molecule has 1 unspecified atom stereocenters. The number of piperidine rings is 1. The summed E-state index contributed by atoms with van der Waals surface area (Å²) in [6, 6.07) is 11.7. The van der Waals surface area contributed by atoms with Crippen molar-refractivity contribution in [3.63, 3.8) is 0 Å². The van der Waals surface area contributed by atoms with Crippen LogP contribution in [0.4, 0.5) is 8.78 Å². The second-order valence-corrected chi connectivity index (χ2v) is 12.8. The number of halogens is 2. The Morgan fingerprint density at radius 2 is 1.88 bits per heavy atom. The van der Waals surface area contributed by atoms with Crippen LogP contribution < -0.4 is 5.56 Å². The lowest BCUT2D eigenvalue weighted by Gasteiger charge is -2.29. The molecule has 1 N–H and O–H groups in total. The Morgan fingerprint density at radius 3 is 2.60 bits per heavy atom. The zero-order valence-electron chi connectivity index (χ0n) is 22.9. The average Bonchev–Trinajstić information content (AvgIpc) is 3.68. The van der Waals surface area contributed by atoms with Crippen LogP contribution in [0.2, 0.25) is 0 Å². The van der Waals surface area contributed by atoms with Crippen LogP contribution in [0.5, 0.6) is 5.75 Å². The van der Waals surface area contributed by atoms with Crippen molar-refractivity contribution in [1.29, 1.82) is 0 Å². The van der Waals surface area contributed by atoms with Gasteiger partial charge < -0.3 is 10.0 Å². The van der Waals surface area contributed by atoms with Gasteiger partial charge in [-0.3, -0.25) is 14.2 Å². The van der Waals surface area contributed by atoms with Gasteiger partial charge in [-0.25, -0.2) is 13.8 Å². The van der Waals surface area contributed by atoms with E-state index in [1.165, 1.54) is 16.9 Å². The fraction of sp³-hybridized carbons (Fsp3) is 0.281. The van der Waals surface area contributed by atoms with Gasteiger partial charge in [-0.15, -0.1) is 22.7 Å². The summed E-state index contributed by atoms with van der Waals surface area (Å²) in [5.74, 6) is -1.67. The molecule has 42 heavy (non-hydrogen) atoms. The number of likely N-dealkylation sites (tertiary alicyclic amines) is 1. The lowest BCUT2D eigenvalue weighted by molar-refractivity contribution is -0.121. The summed E-state index contributed by atoms with van der Waals surface area (Å²) in [7, 11) is 2.13. The highest BCUT2D eigenvalue weighted by Crippen LogP contribution is 2.36. The van der Waals surface area contributed by atoms with Crippen molar-refractivity contribution < 1.29 is 18.7 Å². The molecule has 4 heterocycles. The van der Waals surface area contributed by atoms with Crippen molar-refractivity contribution in [3.8, 4) is 16.2 Å². The smallest absolute Gasteiger partial charge is 0.269 e. The van der Waals surface area contributed by atoms with Gasteiger partial charge in [0.1, 0.15) is 28.1 Å². The van der Waals surface area contributed by atoms with Gasteiger partial charge in [-0.1, -0.05) is 24.3 Å². The molecule has 0 radical (unpaired) electrons. The van der Waals surface area contributed by atoms with Gasteiger partial charge in [0.25, 0.3) is 5.56 Å². The molecule has 6 nitrogen and oxygen atoms in total. The van der Waals surface area contributed by atoms with Gasteiger partial charge in [0.2, 0.25) is 0 Å². The molecule has 0 amide bonds. The van der Waals surface area contributed by atoms with Crippen LogP contribution in [0.1, 0.15) is 47.4 Å². The van der Waals surface area contributed by atoms with Gasteiger partial charge in [0.15, 0.2) is 5.78 Å². The topological polar surface area (TPSA) is 75.4 Å². The maximum atomic E-state index is 15.6. The number of fused-ring (bicyclic) bond motifs is 1. The third-order valence-corrected chi connectivity index (χ3v) is 10.0. The zero-order chi connectivity index (χ0) is 29.4. The molecule has 216 valence electrons. The maximum Gasteiger partial charge on any atom is 0.269 e. The normalized spacial score (nSPS) is 15.3. The first kappa shape index (κ1) is 28.4. The molecule has 2 aromatic carbocycles. The monoisotopic (exact) mass is 605 g/mol. The summed E-state index contributed by atoms with van der Waals surface area (Å²) in [6.45, 7) is 2.13. The minimum atomic E-state index is -1.41. The Balaban J connectivity index is 1.37. The van der Waals surface area contributed by atoms with Gasteiger partial charge in [-0.2, -0.15) is 0 Å². The van der Waals surface area contributed by atoms with Crippen molar-refractivity contribution in [1.82, 2.24) is 14.5 Å². The number of ketones is 1. The predicted molar refractivity (Wildman–Crippen MR) is 163 cm³/mol. The molecule has 10 heteroatoms. The van der Waals surface area contributed by atoms with Crippen molar-refractivity contribution in [3.05, 3.63) is 104 Å². The number of phenolic OH excluding ortho intramolecular Hbond substituents is 1. The first-order chi connectivity index (χ1) is 20.3. The van der Waals surface area contributed by atoms with Crippen molar-refractivity contribution in [2.75, 3.05) is 20.1 Å². The number of aromatic nitrogens is 2. The van der Waals surface area contributed by atoms with Gasteiger partial charge >= 0.3 is 0 Å². The Bertz CT molecular complexity index is 1790. The average molecular weight is 606 g/mol. The number of phenols is 1. The van der Waals surface area contributed by atoms with E-state index >= 15 is 4.39 Å². The second-order valence-electron chi connectivity index (χ2n) is 10.7. The number of thiazole rings is 1. The van der Waals surface area contributed by atoms with E-state index in [2.05, 4.69) is 29.1 Å².